The summed E-state index contributed by atoms with van der Waals surface area (Å²) in [4.78, 5) is 30.6. The van der Waals surface area contributed by atoms with Gasteiger partial charge in [0.2, 0.25) is 0 Å². The first kappa shape index (κ1) is 20.5. The number of nitro groups is 1. The predicted molar refractivity (Wildman–Crippen MR) is 91.0 cm³/mol. The van der Waals surface area contributed by atoms with Gasteiger partial charge in [0.25, 0.3) is 11.6 Å². The summed E-state index contributed by atoms with van der Waals surface area (Å²) in [7, 11) is 0. The van der Waals surface area contributed by atoms with Crippen molar-refractivity contribution in [3.8, 4) is 5.82 Å². The van der Waals surface area contributed by atoms with E-state index >= 15 is 0 Å². The predicted octanol–water partition coefficient (Wildman–Crippen LogP) is 3.03. The second kappa shape index (κ2) is 6.97. The molecule has 0 saturated carbocycles. The van der Waals surface area contributed by atoms with Crippen LogP contribution in [0.3, 0.4) is 0 Å². The topological polar surface area (TPSA) is 116 Å². The molecule has 13 heteroatoms. The molecule has 29 heavy (non-hydrogen) atoms. The minimum atomic E-state index is -3.18. The molecule has 0 spiro atoms. The lowest BCUT2D eigenvalue weighted by atomic mass is 10.2. The number of likely N-dealkylation sites (tertiary alicyclic amines) is 1. The monoisotopic (exact) mass is 414 g/mol. The average molecular weight is 414 g/mol. The molecule has 1 fully saturated rings. The lowest BCUT2D eigenvalue weighted by molar-refractivity contribution is -0.385. The Bertz CT molecular complexity index is 958. The third-order valence-electron chi connectivity index (χ3n) is 3.94. The number of ether oxygens (including phenoxy) is 1. The van der Waals surface area contributed by atoms with Crippen LogP contribution in [0.25, 0.3) is 5.82 Å². The van der Waals surface area contributed by atoms with Gasteiger partial charge in [0, 0.05) is 6.42 Å². The maximum absolute atomic E-state index is 14.1. The van der Waals surface area contributed by atoms with Crippen LogP contribution in [-0.2, 0) is 4.74 Å². The Hall–Kier alpha value is -3.25. The van der Waals surface area contributed by atoms with Crippen molar-refractivity contribution in [2.45, 2.75) is 44.8 Å². The summed E-state index contributed by atoms with van der Waals surface area (Å²) in [6, 6.07) is -0.539. The highest BCUT2D eigenvalue weighted by Gasteiger charge is 2.50. The lowest BCUT2D eigenvalue weighted by Crippen LogP contribution is -2.38. The van der Waals surface area contributed by atoms with Crippen molar-refractivity contribution in [3.63, 3.8) is 0 Å². The minimum absolute atomic E-state index is 0.160. The number of hydrogen-bond donors (Lipinski definition) is 0. The van der Waals surface area contributed by atoms with E-state index in [-0.39, 0.29) is 5.82 Å². The molecule has 0 aliphatic carbocycles. The van der Waals surface area contributed by atoms with Crippen molar-refractivity contribution < 1.29 is 27.6 Å². The Morgan fingerprint density at radius 2 is 2.07 bits per heavy atom. The molecule has 1 atom stereocenters. The molecule has 1 saturated heterocycles. The molecule has 1 unspecified atom stereocenters. The molecular weight excluding hydrogens is 397 g/mol. The molecule has 0 N–H and O–H groups in total. The Kier molecular flexibility index (Phi) is 4.92. The fourth-order valence-electron chi connectivity index (χ4n) is 2.78. The van der Waals surface area contributed by atoms with Crippen LogP contribution in [0.2, 0.25) is 0 Å². The molecule has 1 aliphatic rings. The van der Waals surface area contributed by atoms with Gasteiger partial charge in [-0.1, -0.05) is 0 Å². The first-order valence-electron chi connectivity index (χ1n) is 8.46. The van der Waals surface area contributed by atoms with Crippen LogP contribution in [0.15, 0.2) is 18.6 Å². The molecule has 2 aromatic rings. The van der Waals surface area contributed by atoms with Crippen LogP contribution in [0.5, 0.6) is 0 Å². The van der Waals surface area contributed by atoms with Crippen LogP contribution in [0.4, 0.5) is 23.7 Å². The number of aromatic nitrogens is 4. The molecule has 0 bridgehead atoms. The van der Waals surface area contributed by atoms with Gasteiger partial charge in [0.1, 0.15) is 24.2 Å². The molecule has 1 amide bonds. The molecule has 156 valence electrons. The molecule has 0 aromatic carbocycles. The normalized spacial score (nSPS) is 18.7. The molecular formula is C16H17F3N6O4. The van der Waals surface area contributed by atoms with Gasteiger partial charge >= 0.3 is 6.09 Å². The number of hydrogen-bond acceptors (Lipinski definition) is 7. The number of amides is 1. The van der Waals surface area contributed by atoms with Gasteiger partial charge in [-0.3, -0.25) is 15.0 Å². The van der Waals surface area contributed by atoms with Crippen LogP contribution < -0.4 is 0 Å². The van der Waals surface area contributed by atoms with E-state index < -0.39 is 58.9 Å². The van der Waals surface area contributed by atoms with Crippen LogP contribution in [0.1, 0.15) is 39.1 Å². The van der Waals surface area contributed by atoms with Gasteiger partial charge in [0.15, 0.2) is 17.5 Å². The lowest BCUT2D eigenvalue weighted by Gasteiger charge is -2.27. The zero-order valence-corrected chi connectivity index (χ0v) is 15.7. The zero-order valence-electron chi connectivity index (χ0n) is 15.7. The minimum Gasteiger partial charge on any atom is -0.444 e. The summed E-state index contributed by atoms with van der Waals surface area (Å²) in [6.07, 6.45) is 0.176. The van der Waals surface area contributed by atoms with Gasteiger partial charge in [-0.15, -0.1) is 5.10 Å². The van der Waals surface area contributed by atoms with Crippen molar-refractivity contribution in [1.82, 2.24) is 24.6 Å². The molecule has 10 nitrogen and oxygen atoms in total. The number of alkyl halides is 2. The highest BCUT2D eigenvalue weighted by molar-refractivity contribution is 5.69. The van der Waals surface area contributed by atoms with Crippen molar-refractivity contribution in [2.24, 2.45) is 0 Å². The molecule has 3 heterocycles. The Morgan fingerprint density at radius 1 is 1.38 bits per heavy atom. The second-order valence-electron chi connectivity index (χ2n) is 7.49. The maximum atomic E-state index is 14.1. The fourth-order valence-corrected chi connectivity index (χ4v) is 2.78. The summed E-state index contributed by atoms with van der Waals surface area (Å²) in [5.74, 6) is -4.78. The van der Waals surface area contributed by atoms with Crippen molar-refractivity contribution in [1.29, 1.82) is 0 Å². The third kappa shape index (κ3) is 4.43. The SMILES string of the molecule is CC(C)(C)OC(=O)N1CC(F)(F)CC1c1ncn(-c2ncc([N+](=O)[O-])cc2F)n1. The van der Waals surface area contributed by atoms with Crippen molar-refractivity contribution >= 4 is 11.8 Å². The van der Waals surface area contributed by atoms with E-state index in [9.17, 15) is 28.1 Å². The second-order valence-corrected chi connectivity index (χ2v) is 7.49. The summed E-state index contributed by atoms with van der Waals surface area (Å²) in [5.41, 5.74) is -1.45. The van der Waals surface area contributed by atoms with Gasteiger partial charge in [-0.25, -0.2) is 27.9 Å². The Labute approximate surface area is 162 Å². The quantitative estimate of drug-likeness (QED) is 0.560. The number of halogens is 3. The number of nitrogens with zero attached hydrogens (tertiary/aromatic N) is 6. The standard InChI is InChI=1S/C16H17F3N6O4/c1-15(2,3)29-14(26)23-7-16(18,19)5-11(23)12-21-8-24(22-12)13-10(17)4-9(6-20-13)25(27)28/h4,6,8,11H,5,7H2,1-3H3. The third-order valence-corrected chi connectivity index (χ3v) is 3.94. The van der Waals surface area contributed by atoms with Crippen molar-refractivity contribution in [3.05, 3.63) is 40.3 Å². The van der Waals surface area contributed by atoms with E-state index in [0.29, 0.717) is 6.07 Å². The summed E-state index contributed by atoms with van der Waals surface area (Å²) >= 11 is 0. The fraction of sp³-hybridized carbons (Fsp3) is 0.500. The summed E-state index contributed by atoms with van der Waals surface area (Å²) < 4.78 is 48.1. The smallest absolute Gasteiger partial charge is 0.411 e. The maximum Gasteiger partial charge on any atom is 0.411 e. The van der Waals surface area contributed by atoms with Crippen LogP contribution in [0, 0.1) is 15.9 Å². The number of carbonyl (C=O) groups excluding carboxylic acids is 1. The Balaban J connectivity index is 1.90. The first-order valence-corrected chi connectivity index (χ1v) is 8.46. The van der Waals surface area contributed by atoms with Crippen LogP contribution in [-0.4, -0.2) is 53.7 Å². The van der Waals surface area contributed by atoms with E-state index in [1.165, 1.54) is 0 Å². The first-order chi connectivity index (χ1) is 13.4. The molecule has 2 aromatic heterocycles. The average Bonchev–Trinajstić information content (AvgIpc) is 3.17. The van der Waals surface area contributed by atoms with E-state index in [1.54, 1.807) is 20.8 Å². The van der Waals surface area contributed by atoms with Gasteiger partial charge < -0.3 is 4.74 Å². The van der Waals surface area contributed by atoms with Gasteiger partial charge in [-0.05, 0) is 20.8 Å². The summed E-state index contributed by atoms with van der Waals surface area (Å²) in [6.45, 7) is 3.93. The molecule has 3 rings (SSSR count). The highest BCUT2D eigenvalue weighted by atomic mass is 19.3. The summed E-state index contributed by atoms with van der Waals surface area (Å²) in [5, 5.41) is 14.6. The molecule has 0 radical (unpaired) electrons. The largest absolute Gasteiger partial charge is 0.444 e. The Morgan fingerprint density at radius 3 is 2.66 bits per heavy atom. The zero-order chi connectivity index (χ0) is 21.6. The van der Waals surface area contributed by atoms with E-state index in [2.05, 4.69) is 15.1 Å². The molecule has 1 aliphatic heterocycles. The van der Waals surface area contributed by atoms with Gasteiger partial charge in [-0.2, -0.15) is 4.68 Å². The number of pyridine rings is 1. The van der Waals surface area contributed by atoms with E-state index in [4.69, 9.17) is 4.74 Å². The van der Waals surface area contributed by atoms with Gasteiger partial charge in [0.05, 0.1) is 17.5 Å². The van der Waals surface area contributed by atoms with E-state index in [0.717, 1.165) is 22.1 Å². The highest BCUT2D eigenvalue weighted by Crippen LogP contribution is 2.40. The van der Waals surface area contributed by atoms with Crippen LogP contribution >= 0.6 is 0 Å². The number of rotatable bonds is 3. The number of carbonyl (C=O) groups is 1. The van der Waals surface area contributed by atoms with Crippen molar-refractivity contribution in [2.75, 3.05) is 6.54 Å². The van der Waals surface area contributed by atoms with E-state index in [1.807, 2.05) is 0 Å².